The highest BCUT2D eigenvalue weighted by atomic mass is 16.7. The van der Waals surface area contributed by atoms with Crippen molar-refractivity contribution in [2.24, 2.45) is 0 Å². The number of carbonyl (C=O) groups excluding carboxylic acids is 3. The van der Waals surface area contributed by atoms with Crippen LogP contribution in [0.5, 0.6) is 0 Å². The summed E-state index contributed by atoms with van der Waals surface area (Å²) >= 11 is 0. The molecule has 0 radical (unpaired) electrons. The summed E-state index contributed by atoms with van der Waals surface area (Å²) in [6.45, 7) is 2.49. The van der Waals surface area contributed by atoms with Crippen LogP contribution in [0.1, 0.15) is 39.4 Å². The molecule has 1 aromatic heterocycles. The highest BCUT2D eigenvalue weighted by molar-refractivity contribution is 6.20. The first kappa shape index (κ1) is 15.0. The number of hydroxylamine groups is 2. The standard InChI is InChI=1S/C16H15N3O4/c1-11-17-8-10-18(11)9-4-7-14(20)23-19-15(21)12-5-2-3-6-13(12)16(19)22/h2-3,5-6,8,10H,4,7,9H2,1H3. The number of hydrogen-bond acceptors (Lipinski definition) is 5. The second kappa shape index (κ2) is 6.04. The zero-order valence-corrected chi connectivity index (χ0v) is 12.6. The van der Waals surface area contributed by atoms with Crippen molar-refractivity contribution in [1.29, 1.82) is 0 Å². The van der Waals surface area contributed by atoms with Crippen LogP contribution in [0.15, 0.2) is 36.7 Å². The first-order valence-corrected chi connectivity index (χ1v) is 7.24. The van der Waals surface area contributed by atoms with E-state index in [4.69, 9.17) is 4.84 Å². The Morgan fingerprint density at radius 1 is 1.17 bits per heavy atom. The molecule has 0 unspecified atom stereocenters. The minimum absolute atomic E-state index is 0.102. The van der Waals surface area contributed by atoms with Gasteiger partial charge in [-0.15, -0.1) is 0 Å². The number of amides is 2. The van der Waals surface area contributed by atoms with Crippen molar-refractivity contribution in [3.63, 3.8) is 0 Å². The van der Waals surface area contributed by atoms with Gasteiger partial charge in [-0.25, -0.2) is 9.78 Å². The van der Waals surface area contributed by atoms with E-state index in [2.05, 4.69) is 4.98 Å². The first-order valence-electron chi connectivity index (χ1n) is 7.24. The Bertz CT molecular complexity index is 746. The summed E-state index contributed by atoms with van der Waals surface area (Å²) in [7, 11) is 0. The van der Waals surface area contributed by atoms with Crippen molar-refractivity contribution >= 4 is 17.8 Å². The molecule has 2 amide bonds. The molecule has 0 N–H and O–H groups in total. The average molecular weight is 313 g/mol. The maximum absolute atomic E-state index is 12.1. The maximum Gasteiger partial charge on any atom is 0.333 e. The van der Waals surface area contributed by atoms with E-state index in [1.807, 2.05) is 17.7 Å². The van der Waals surface area contributed by atoms with Crippen LogP contribution in [0.25, 0.3) is 0 Å². The van der Waals surface area contributed by atoms with Gasteiger partial charge in [-0.05, 0) is 25.5 Å². The van der Waals surface area contributed by atoms with Crippen LogP contribution in [-0.4, -0.2) is 32.4 Å². The SMILES string of the molecule is Cc1nccn1CCCC(=O)ON1C(=O)c2ccccc2C1=O. The summed E-state index contributed by atoms with van der Waals surface area (Å²) in [5, 5.41) is 0.537. The van der Waals surface area contributed by atoms with Crippen LogP contribution in [0, 0.1) is 6.92 Å². The Morgan fingerprint density at radius 3 is 2.39 bits per heavy atom. The Kier molecular flexibility index (Phi) is 3.92. The molecule has 0 spiro atoms. The van der Waals surface area contributed by atoms with E-state index in [1.54, 1.807) is 18.3 Å². The van der Waals surface area contributed by atoms with E-state index >= 15 is 0 Å². The average Bonchev–Trinajstić information content (AvgIpc) is 3.05. The van der Waals surface area contributed by atoms with Gasteiger partial charge in [-0.2, -0.15) is 0 Å². The quantitative estimate of drug-likeness (QED) is 0.785. The van der Waals surface area contributed by atoms with Crippen molar-refractivity contribution in [2.45, 2.75) is 26.3 Å². The number of carbonyl (C=O) groups is 3. The number of aryl methyl sites for hydroxylation is 2. The van der Waals surface area contributed by atoms with Gasteiger partial charge in [-0.3, -0.25) is 9.59 Å². The third kappa shape index (κ3) is 2.85. The molecular weight excluding hydrogens is 298 g/mol. The van der Waals surface area contributed by atoms with Gasteiger partial charge >= 0.3 is 5.97 Å². The minimum atomic E-state index is -0.614. The fraction of sp³-hybridized carbons (Fsp3) is 0.250. The van der Waals surface area contributed by atoms with Gasteiger partial charge in [0, 0.05) is 25.4 Å². The van der Waals surface area contributed by atoms with E-state index in [9.17, 15) is 14.4 Å². The number of hydrogen-bond donors (Lipinski definition) is 0. The largest absolute Gasteiger partial charge is 0.335 e. The van der Waals surface area contributed by atoms with Crippen LogP contribution in [0.3, 0.4) is 0 Å². The predicted molar refractivity (Wildman–Crippen MR) is 79.2 cm³/mol. The summed E-state index contributed by atoms with van der Waals surface area (Å²) in [5.41, 5.74) is 0.499. The fourth-order valence-corrected chi connectivity index (χ4v) is 2.43. The molecule has 23 heavy (non-hydrogen) atoms. The molecule has 2 heterocycles. The Hall–Kier alpha value is -2.96. The normalized spacial score (nSPS) is 13.3. The van der Waals surface area contributed by atoms with Crippen LogP contribution in [0.2, 0.25) is 0 Å². The van der Waals surface area contributed by atoms with E-state index in [0.29, 0.717) is 18.0 Å². The molecule has 1 aliphatic rings. The van der Waals surface area contributed by atoms with Gasteiger partial charge in [-0.1, -0.05) is 17.2 Å². The molecule has 7 heteroatoms. The molecule has 1 aromatic carbocycles. The lowest BCUT2D eigenvalue weighted by Crippen LogP contribution is -2.32. The highest BCUT2D eigenvalue weighted by Gasteiger charge is 2.38. The second-order valence-electron chi connectivity index (χ2n) is 5.18. The summed E-state index contributed by atoms with van der Waals surface area (Å²) < 4.78 is 1.91. The van der Waals surface area contributed by atoms with Gasteiger partial charge in [0.1, 0.15) is 5.82 Å². The summed E-state index contributed by atoms with van der Waals surface area (Å²) in [6.07, 6.45) is 4.14. The van der Waals surface area contributed by atoms with E-state index in [0.717, 1.165) is 5.82 Å². The Balaban J connectivity index is 1.56. The number of fused-ring (bicyclic) bond motifs is 1. The zero-order chi connectivity index (χ0) is 16.4. The predicted octanol–water partition coefficient (Wildman–Crippen LogP) is 1.73. The first-order chi connectivity index (χ1) is 11.1. The third-order valence-corrected chi connectivity index (χ3v) is 3.65. The molecule has 0 fully saturated rings. The maximum atomic E-state index is 12.1. The van der Waals surface area contributed by atoms with Crippen molar-refractivity contribution in [2.75, 3.05) is 0 Å². The topological polar surface area (TPSA) is 81.5 Å². The third-order valence-electron chi connectivity index (χ3n) is 3.65. The molecule has 0 aliphatic carbocycles. The van der Waals surface area contributed by atoms with Gasteiger partial charge in [0.25, 0.3) is 11.8 Å². The number of rotatable bonds is 5. The number of benzene rings is 1. The lowest BCUT2D eigenvalue weighted by Gasteiger charge is -2.12. The molecular formula is C16H15N3O4. The van der Waals surface area contributed by atoms with Crippen molar-refractivity contribution in [3.8, 4) is 0 Å². The summed E-state index contributed by atoms with van der Waals surface area (Å²) in [6, 6.07) is 6.38. The van der Waals surface area contributed by atoms with Crippen LogP contribution >= 0.6 is 0 Å². The molecule has 3 rings (SSSR count). The zero-order valence-electron chi connectivity index (χ0n) is 12.6. The highest BCUT2D eigenvalue weighted by Crippen LogP contribution is 2.22. The summed E-state index contributed by atoms with van der Waals surface area (Å²) in [5.74, 6) is -0.968. The number of nitrogens with zero attached hydrogens (tertiary/aromatic N) is 3. The van der Waals surface area contributed by atoms with Gasteiger partial charge in [0.2, 0.25) is 0 Å². The van der Waals surface area contributed by atoms with Crippen LogP contribution in [0.4, 0.5) is 0 Å². The molecule has 0 atom stereocenters. The lowest BCUT2D eigenvalue weighted by molar-refractivity contribution is -0.168. The number of imidazole rings is 1. The Labute approximate surface area is 132 Å². The molecule has 0 saturated carbocycles. The molecule has 0 saturated heterocycles. The monoisotopic (exact) mass is 313 g/mol. The molecule has 7 nitrogen and oxygen atoms in total. The smallest absolute Gasteiger partial charge is 0.333 e. The number of aromatic nitrogens is 2. The van der Waals surface area contributed by atoms with Crippen molar-refractivity contribution in [3.05, 3.63) is 53.6 Å². The van der Waals surface area contributed by atoms with Crippen molar-refractivity contribution < 1.29 is 19.2 Å². The van der Waals surface area contributed by atoms with Gasteiger partial charge in [0.15, 0.2) is 0 Å². The van der Waals surface area contributed by atoms with Crippen LogP contribution in [-0.2, 0) is 16.2 Å². The molecule has 1 aliphatic heterocycles. The van der Waals surface area contributed by atoms with Crippen molar-refractivity contribution in [1.82, 2.24) is 14.6 Å². The summed E-state index contributed by atoms with van der Waals surface area (Å²) in [4.78, 5) is 45.0. The number of imide groups is 1. The van der Waals surface area contributed by atoms with Crippen LogP contribution < -0.4 is 0 Å². The van der Waals surface area contributed by atoms with E-state index in [-0.39, 0.29) is 17.5 Å². The minimum Gasteiger partial charge on any atom is -0.335 e. The van der Waals surface area contributed by atoms with E-state index < -0.39 is 17.8 Å². The van der Waals surface area contributed by atoms with Gasteiger partial charge < -0.3 is 9.40 Å². The lowest BCUT2D eigenvalue weighted by atomic mass is 10.1. The fourth-order valence-electron chi connectivity index (χ4n) is 2.43. The van der Waals surface area contributed by atoms with E-state index in [1.165, 1.54) is 12.1 Å². The van der Waals surface area contributed by atoms with Gasteiger partial charge in [0.05, 0.1) is 11.1 Å². The second-order valence-corrected chi connectivity index (χ2v) is 5.18. The molecule has 2 aromatic rings. The molecule has 118 valence electrons. The molecule has 0 bridgehead atoms. The Morgan fingerprint density at radius 2 is 1.83 bits per heavy atom.